The lowest BCUT2D eigenvalue weighted by atomic mass is 9.80. The molecule has 5 nitrogen and oxygen atoms in total. The SMILES string of the molecule is CCC(CC)(CC)CNC(=O)N1CCNC(=O)CC1. The molecule has 19 heavy (non-hydrogen) atoms. The highest BCUT2D eigenvalue weighted by atomic mass is 16.2. The highest BCUT2D eigenvalue weighted by Crippen LogP contribution is 2.29. The van der Waals surface area contributed by atoms with Crippen molar-refractivity contribution >= 4 is 11.9 Å². The maximum absolute atomic E-state index is 12.1. The van der Waals surface area contributed by atoms with Crippen LogP contribution in [0.3, 0.4) is 0 Å². The smallest absolute Gasteiger partial charge is 0.317 e. The molecule has 0 aromatic rings. The van der Waals surface area contributed by atoms with Gasteiger partial charge in [0.1, 0.15) is 0 Å². The fourth-order valence-electron chi connectivity index (χ4n) is 2.47. The molecule has 0 spiro atoms. The van der Waals surface area contributed by atoms with Gasteiger partial charge in [-0.2, -0.15) is 0 Å². The number of carbonyl (C=O) groups is 2. The van der Waals surface area contributed by atoms with Crippen molar-refractivity contribution in [2.24, 2.45) is 5.41 Å². The molecule has 0 aromatic carbocycles. The topological polar surface area (TPSA) is 61.4 Å². The van der Waals surface area contributed by atoms with Gasteiger partial charge in [-0.1, -0.05) is 20.8 Å². The minimum atomic E-state index is -0.0452. The lowest BCUT2D eigenvalue weighted by Crippen LogP contribution is -2.45. The first-order chi connectivity index (χ1) is 9.06. The van der Waals surface area contributed by atoms with E-state index in [0.717, 1.165) is 19.3 Å². The summed E-state index contributed by atoms with van der Waals surface area (Å²) in [4.78, 5) is 25.1. The summed E-state index contributed by atoms with van der Waals surface area (Å²) in [7, 11) is 0. The van der Waals surface area contributed by atoms with Crippen LogP contribution in [0, 0.1) is 5.41 Å². The molecule has 3 amide bonds. The summed E-state index contributed by atoms with van der Waals surface area (Å²) in [6.07, 6.45) is 3.61. The van der Waals surface area contributed by atoms with E-state index in [-0.39, 0.29) is 17.4 Å². The number of carbonyl (C=O) groups excluding carboxylic acids is 2. The maximum Gasteiger partial charge on any atom is 0.317 e. The van der Waals surface area contributed by atoms with E-state index in [1.807, 2.05) is 0 Å². The molecular weight excluding hydrogens is 242 g/mol. The third kappa shape index (κ3) is 4.40. The maximum atomic E-state index is 12.1. The van der Waals surface area contributed by atoms with E-state index in [1.165, 1.54) is 0 Å². The van der Waals surface area contributed by atoms with Gasteiger partial charge in [-0.25, -0.2) is 4.79 Å². The van der Waals surface area contributed by atoms with Crippen LogP contribution < -0.4 is 10.6 Å². The predicted octanol–water partition coefficient (Wildman–Crippen LogP) is 1.73. The quantitative estimate of drug-likeness (QED) is 0.798. The zero-order valence-corrected chi connectivity index (χ0v) is 12.4. The van der Waals surface area contributed by atoms with Crippen LogP contribution in [0.15, 0.2) is 0 Å². The molecule has 1 aliphatic rings. The fourth-order valence-corrected chi connectivity index (χ4v) is 2.47. The van der Waals surface area contributed by atoms with Crippen molar-refractivity contribution < 1.29 is 9.59 Å². The van der Waals surface area contributed by atoms with Gasteiger partial charge in [-0.05, 0) is 24.7 Å². The number of hydrogen-bond donors (Lipinski definition) is 2. The summed E-state index contributed by atoms with van der Waals surface area (Å²) in [6.45, 7) is 8.89. The molecule has 1 saturated heterocycles. The van der Waals surface area contributed by atoms with Gasteiger partial charge in [-0.3, -0.25) is 4.79 Å². The molecule has 0 saturated carbocycles. The van der Waals surface area contributed by atoms with Crippen molar-refractivity contribution in [3.05, 3.63) is 0 Å². The summed E-state index contributed by atoms with van der Waals surface area (Å²) in [6, 6.07) is -0.0452. The number of urea groups is 1. The Hall–Kier alpha value is -1.26. The van der Waals surface area contributed by atoms with Gasteiger partial charge in [0, 0.05) is 32.6 Å². The Labute approximate surface area is 116 Å². The second-order valence-electron chi connectivity index (χ2n) is 5.31. The molecule has 0 radical (unpaired) electrons. The number of nitrogens with one attached hydrogen (secondary N) is 2. The van der Waals surface area contributed by atoms with Gasteiger partial charge in [0.2, 0.25) is 5.91 Å². The molecular formula is C14H27N3O2. The van der Waals surface area contributed by atoms with Crippen LogP contribution in [-0.2, 0) is 4.79 Å². The Morgan fingerprint density at radius 1 is 1.26 bits per heavy atom. The van der Waals surface area contributed by atoms with E-state index >= 15 is 0 Å². The Bertz CT molecular complexity index is 306. The molecule has 0 bridgehead atoms. The zero-order chi connectivity index (χ0) is 14.3. The zero-order valence-electron chi connectivity index (χ0n) is 12.4. The average molecular weight is 269 g/mol. The van der Waals surface area contributed by atoms with Gasteiger partial charge < -0.3 is 15.5 Å². The van der Waals surface area contributed by atoms with Crippen LogP contribution in [0.25, 0.3) is 0 Å². The fraction of sp³-hybridized carbons (Fsp3) is 0.857. The van der Waals surface area contributed by atoms with Crippen LogP contribution in [0.1, 0.15) is 46.5 Å². The molecule has 0 atom stereocenters. The first-order valence-corrected chi connectivity index (χ1v) is 7.36. The summed E-state index contributed by atoms with van der Waals surface area (Å²) in [5.41, 5.74) is 0.204. The van der Waals surface area contributed by atoms with Crippen molar-refractivity contribution in [1.29, 1.82) is 0 Å². The molecule has 5 heteroatoms. The van der Waals surface area contributed by atoms with Crippen molar-refractivity contribution in [3.63, 3.8) is 0 Å². The van der Waals surface area contributed by atoms with E-state index in [2.05, 4.69) is 31.4 Å². The van der Waals surface area contributed by atoms with Crippen molar-refractivity contribution in [3.8, 4) is 0 Å². The first-order valence-electron chi connectivity index (χ1n) is 7.36. The van der Waals surface area contributed by atoms with Crippen molar-refractivity contribution in [2.45, 2.75) is 46.5 Å². The van der Waals surface area contributed by atoms with E-state index in [9.17, 15) is 9.59 Å². The second-order valence-corrected chi connectivity index (χ2v) is 5.31. The highest BCUT2D eigenvalue weighted by Gasteiger charge is 2.26. The number of nitrogens with zero attached hydrogens (tertiary/aromatic N) is 1. The molecule has 1 rings (SSSR count). The molecule has 1 heterocycles. The van der Waals surface area contributed by atoms with Crippen LogP contribution >= 0.6 is 0 Å². The second kappa shape index (κ2) is 7.36. The standard InChI is InChI=1S/C14H27N3O2/c1-4-14(5-2,6-3)11-16-13(19)17-9-7-12(18)15-8-10-17/h4-11H2,1-3H3,(H,15,18)(H,16,19). The lowest BCUT2D eigenvalue weighted by Gasteiger charge is -2.32. The van der Waals surface area contributed by atoms with Gasteiger partial charge in [-0.15, -0.1) is 0 Å². The van der Waals surface area contributed by atoms with Crippen LogP contribution in [0.2, 0.25) is 0 Å². The Morgan fingerprint density at radius 3 is 2.47 bits per heavy atom. The largest absolute Gasteiger partial charge is 0.354 e. The Kier molecular flexibility index (Phi) is 6.12. The lowest BCUT2D eigenvalue weighted by molar-refractivity contribution is -0.120. The third-order valence-corrected chi connectivity index (χ3v) is 4.46. The minimum absolute atomic E-state index is 0.0281. The van der Waals surface area contributed by atoms with Gasteiger partial charge >= 0.3 is 6.03 Å². The Balaban J connectivity index is 2.48. The Morgan fingerprint density at radius 2 is 1.89 bits per heavy atom. The van der Waals surface area contributed by atoms with Crippen LogP contribution in [0.5, 0.6) is 0 Å². The average Bonchev–Trinajstić information content (AvgIpc) is 2.65. The monoisotopic (exact) mass is 269 g/mol. The van der Waals surface area contributed by atoms with E-state index in [0.29, 0.717) is 32.6 Å². The van der Waals surface area contributed by atoms with E-state index in [1.54, 1.807) is 4.90 Å². The van der Waals surface area contributed by atoms with Crippen molar-refractivity contribution in [2.75, 3.05) is 26.2 Å². The highest BCUT2D eigenvalue weighted by molar-refractivity contribution is 5.79. The predicted molar refractivity (Wildman–Crippen MR) is 75.9 cm³/mol. The van der Waals surface area contributed by atoms with E-state index < -0.39 is 0 Å². The molecule has 0 unspecified atom stereocenters. The number of hydrogen-bond acceptors (Lipinski definition) is 2. The summed E-state index contributed by atoms with van der Waals surface area (Å²) in [5, 5.41) is 5.81. The summed E-state index contributed by atoms with van der Waals surface area (Å²) in [5.74, 6) is 0.0281. The molecule has 0 aromatic heterocycles. The normalized spacial score (nSPS) is 16.8. The molecule has 1 aliphatic heterocycles. The molecule has 0 aliphatic carbocycles. The molecule has 2 N–H and O–H groups in total. The number of rotatable bonds is 5. The first kappa shape index (κ1) is 15.8. The summed E-state index contributed by atoms with van der Waals surface area (Å²) >= 11 is 0. The van der Waals surface area contributed by atoms with Gasteiger partial charge in [0.05, 0.1) is 0 Å². The number of amides is 3. The molecule has 1 fully saturated rings. The summed E-state index contributed by atoms with van der Waals surface area (Å²) < 4.78 is 0. The van der Waals surface area contributed by atoms with Gasteiger partial charge in [0.25, 0.3) is 0 Å². The van der Waals surface area contributed by atoms with Crippen LogP contribution in [-0.4, -0.2) is 43.0 Å². The van der Waals surface area contributed by atoms with Crippen LogP contribution in [0.4, 0.5) is 4.79 Å². The molecule has 110 valence electrons. The van der Waals surface area contributed by atoms with Gasteiger partial charge in [0.15, 0.2) is 0 Å². The third-order valence-electron chi connectivity index (χ3n) is 4.46. The van der Waals surface area contributed by atoms with E-state index in [4.69, 9.17) is 0 Å². The van der Waals surface area contributed by atoms with Crippen molar-refractivity contribution in [1.82, 2.24) is 15.5 Å². The minimum Gasteiger partial charge on any atom is -0.354 e.